The summed E-state index contributed by atoms with van der Waals surface area (Å²) in [5, 5.41) is 17.0. The first kappa shape index (κ1) is 38.6. The van der Waals surface area contributed by atoms with Crippen molar-refractivity contribution in [2.24, 2.45) is 23.7 Å². The van der Waals surface area contributed by atoms with Gasteiger partial charge in [-0.25, -0.2) is 19.6 Å². The van der Waals surface area contributed by atoms with Gasteiger partial charge in [0.2, 0.25) is 11.8 Å². The predicted octanol–water partition coefficient (Wildman–Crippen LogP) is 6.66. The second-order valence-corrected chi connectivity index (χ2v) is 17.0. The second-order valence-electron chi connectivity index (χ2n) is 16.2. The number of fused-ring (bicyclic) bond motifs is 3. The molecule has 8 atom stereocenters. The zero-order chi connectivity index (χ0) is 40.4. The van der Waals surface area contributed by atoms with Crippen molar-refractivity contribution in [3.05, 3.63) is 69.6 Å². The van der Waals surface area contributed by atoms with Gasteiger partial charge in [0.15, 0.2) is 5.15 Å². The monoisotopic (exact) mass is 814 g/mol. The summed E-state index contributed by atoms with van der Waals surface area (Å²) in [4.78, 5) is 70.5. The quantitative estimate of drug-likeness (QED) is 0.116. The SMILES string of the molecule is COC(=O)N[C@H](C(=O)N1[C@@H]2C[C@H]2C[C@H]1c1nc(Cl)c(C#Cc2ccc3cc(-c4nc([C@@H]5C[C@H]6C[C@H]6N5C(=O)[C@@H](NC(=O)O)C(C)C)[nH]c4Cl)ccc3c2)[nH]1)C(C)C. The number of H-pyrrole nitrogens is 2. The number of methoxy groups -OCH3 is 1. The molecule has 4 aromatic rings. The van der Waals surface area contributed by atoms with Crippen LogP contribution < -0.4 is 10.6 Å². The molecular weight excluding hydrogens is 771 g/mol. The highest BCUT2D eigenvalue weighted by atomic mass is 35.5. The van der Waals surface area contributed by atoms with Gasteiger partial charge in [0.1, 0.15) is 40.3 Å². The molecule has 0 unspecified atom stereocenters. The zero-order valence-electron chi connectivity index (χ0n) is 32.1. The van der Waals surface area contributed by atoms with Gasteiger partial charge in [0.05, 0.1) is 19.2 Å². The Morgan fingerprint density at radius 3 is 1.98 bits per heavy atom. The summed E-state index contributed by atoms with van der Waals surface area (Å²) >= 11 is 13.3. The van der Waals surface area contributed by atoms with Crippen LogP contribution >= 0.6 is 23.2 Å². The fourth-order valence-electron chi connectivity index (χ4n) is 8.64. The zero-order valence-corrected chi connectivity index (χ0v) is 33.6. The average Bonchev–Trinajstić information content (AvgIpc) is 3.89. The van der Waals surface area contributed by atoms with Crippen LogP contribution in [0.4, 0.5) is 9.59 Å². The van der Waals surface area contributed by atoms with Gasteiger partial charge < -0.3 is 40.2 Å². The first-order chi connectivity index (χ1) is 27.2. The summed E-state index contributed by atoms with van der Waals surface area (Å²) in [5.41, 5.74) is 2.58. The van der Waals surface area contributed by atoms with E-state index < -0.39 is 24.3 Å². The Kier molecular flexibility index (Phi) is 10.1. The number of rotatable bonds is 9. The number of carbonyl (C=O) groups excluding carboxylic acids is 3. The van der Waals surface area contributed by atoms with Crippen LogP contribution in [0.2, 0.25) is 10.3 Å². The normalized spacial score (nSPS) is 24.1. The predicted molar refractivity (Wildman–Crippen MR) is 212 cm³/mol. The Bertz CT molecular complexity index is 2350. The molecule has 4 aliphatic rings. The molecule has 0 spiro atoms. The Hall–Kier alpha value is -5.26. The number of amides is 4. The van der Waals surface area contributed by atoms with Crippen molar-refractivity contribution >= 4 is 58.0 Å². The maximum atomic E-state index is 13.8. The average molecular weight is 816 g/mol. The number of imidazole rings is 2. The standard InChI is InChI=1S/C41H44Cl2N8O6/c1-18(2)31(46-40(54)55)38(52)51-28-15-25(28)17-30(51)37-45-33(35(43)49-37)23-10-9-21-12-20(6-8-22(21)13-23)7-11-26-34(42)48-36(44-26)29-16-24-14-27(24)50(29)39(53)32(19(3)4)47-41(56)57-5/h6,8-10,12-13,18-19,24-25,27-32,46H,14-17H2,1-5H3,(H,44,48)(H,45,49)(H,47,56)(H,54,55)/t24-,25+,27+,28+,29-,30-,31-,32-/m0/s1. The van der Waals surface area contributed by atoms with E-state index in [2.05, 4.69) is 37.4 Å². The number of likely N-dealkylation sites (tertiary alicyclic amines) is 2. The van der Waals surface area contributed by atoms with E-state index in [1.54, 1.807) is 4.90 Å². The van der Waals surface area contributed by atoms with Crippen LogP contribution in [0, 0.1) is 35.5 Å². The summed E-state index contributed by atoms with van der Waals surface area (Å²) in [6, 6.07) is 9.70. The molecule has 57 heavy (non-hydrogen) atoms. The molecule has 2 aliphatic heterocycles. The first-order valence-corrected chi connectivity index (χ1v) is 20.0. The van der Waals surface area contributed by atoms with Gasteiger partial charge >= 0.3 is 12.2 Å². The van der Waals surface area contributed by atoms with Crippen molar-refractivity contribution in [2.45, 2.75) is 89.6 Å². The molecule has 0 radical (unpaired) electrons. The van der Waals surface area contributed by atoms with Gasteiger partial charge in [0.25, 0.3) is 0 Å². The first-order valence-electron chi connectivity index (χ1n) is 19.3. The van der Waals surface area contributed by atoms with Crippen LogP contribution in [0.1, 0.15) is 88.4 Å². The lowest BCUT2D eigenvalue weighted by molar-refractivity contribution is -0.137. The highest BCUT2D eigenvalue weighted by Crippen LogP contribution is 2.55. The number of carbonyl (C=O) groups is 4. The molecule has 8 rings (SSSR count). The third kappa shape index (κ3) is 7.39. The lowest BCUT2D eigenvalue weighted by Gasteiger charge is -2.31. The Balaban J connectivity index is 0.986. The molecule has 2 saturated heterocycles. The Morgan fingerprint density at radius 2 is 1.39 bits per heavy atom. The second kappa shape index (κ2) is 14.9. The van der Waals surface area contributed by atoms with Gasteiger partial charge in [-0.1, -0.05) is 75.0 Å². The minimum Gasteiger partial charge on any atom is -0.465 e. The summed E-state index contributed by atoms with van der Waals surface area (Å²) in [7, 11) is 1.27. The third-order valence-corrected chi connectivity index (χ3v) is 12.3. The number of aromatic amines is 2. The smallest absolute Gasteiger partial charge is 0.407 e. The van der Waals surface area contributed by atoms with Crippen LogP contribution in [-0.4, -0.2) is 90.1 Å². The number of carboxylic acid groups (broad SMARTS) is 1. The molecule has 2 saturated carbocycles. The van der Waals surface area contributed by atoms with E-state index in [0.717, 1.165) is 47.6 Å². The third-order valence-electron chi connectivity index (χ3n) is 11.8. The van der Waals surface area contributed by atoms with Gasteiger partial charge in [-0.15, -0.1) is 0 Å². The van der Waals surface area contributed by atoms with Crippen LogP contribution in [0.5, 0.6) is 0 Å². The van der Waals surface area contributed by atoms with Gasteiger partial charge in [0, 0.05) is 23.2 Å². The maximum Gasteiger partial charge on any atom is 0.407 e. The van der Waals surface area contributed by atoms with Crippen LogP contribution in [0.3, 0.4) is 0 Å². The number of aromatic nitrogens is 4. The molecule has 16 heteroatoms. The number of piperidine rings is 2. The molecule has 14 nitrogen and oxygen atoms in total. The van der Waals surface area contributed by atoms with Crippen LogP contribution in [-0.2, 0) is 14.3 Å². The molecule has 4 heterocycles. The molecule has 2 aliphatic carbocycles. The number of benzene rings is 2. The van der Waals surface area contributed by atoms with E-state index in [9.17, 15) is 24.3 Å². The van der Waals surface area contributed by atoms with Gasteiger partial charge in [-0.3, -0.25) is 9.59 Å². The van der Waals surface area contributed by atoms with Crippen molar-refractivity contribution in [1.82, 2.24) is 40.4 Å². The summed E-state index contributed by atoms with van der Waals surface area (Å²) in [6.07, 6.45) is 1.42. The molecule has 5 N–H and O–H groups in total. The number of nitrogens with zero attached hydrogens (tertiary/aromatic N) is 4. The minimum absolute atomic E-state index is 0.0654. The van der Waals surface area contributed by atoms with E-state index >= 15 is 0 Å². The lowest BCUT2D eigenvalue weighted by Crippen LogP contribution is -2.52. The largest absolute Gasteiger partial charge is 0.465 e. The Morgan fingerprint density at radius 1 is 0.807 bits per heavy atom. The maximum absolute atomic E-state index is 13.8. The van der Waals surface area contributed by atoms with Crippen LogP contribution in [0.25, 0.3) is 22.0 Å². The topological polar surface area (TPSA) is 186 Å². The molecule has 2 aromatic heterocycles. The van der Waals surface area contributed by atoms with Crippen molar-refractivity contribution < 1.29 is 29.0 Å². The van der Waals surface area contributed by atoms with E-state index in [4.69, 9.17) is 32.9 Å². The fourth-order valence-corrected chi connectivity index (χ4v) is 9.07. The van der Waals surface area contributed by atoms with Crippen molar-refractivity contribution in [3.8, 4) is 23.1 Å². The molecule has 4 fully saturated rings. The number of nitrogens with one attached hydrogen (secondary N) is 4. The van der Waals surface area contributed by atoms with Gasteiger partial charge in [-0.05, 0) is 84.2 Å². The molecule has 2 aromatic carbocycles. The molecule has 0 bridgehead atoms. The summed E-state index contributed by atoms with van der Waals surface area (Å²) < 4.78 is 4.77. The molecule has 4 amide bonds. The highest BCUT2D eigenvalue weighted by molar-refractivity contribution is 6.32. The summed E-state index contributed by atoms with van der Waals surface area (Å²) in [6.45, 7) is 7.42. The minimum atomic E-state index is -1.23. The van der Waals surface area contributed by atoms with E-state index in [-0.39, 0.29) is 53.0 Å². The molecule has 298 valence electrons. The number of alkyl carbamates (subject to hydrolysis) is 1. The van der Waals surface area contributed by atoms with Crippen molar-refractivity contribution in [3.63, 3.8) is 0 Å². The van der Waals surface area contributed by atoms with Crippen LogP contribution in [0.15, 0.2) is 36.4 Å². The number of hydrogen-bond donors (Lipinski definition) is 5. The number of hydrogen-bond acceptors (Lipinski definition) is 7. The van der Waals surface area contributed by atoms with Crippen molar-refractivity contribution in [1.29, 1.82) is 0 Å². The fraction of sp³-hybridized carbons (Fsp3) is 0.463. The lowest BCUT2D eigenvalue weighted by atomic mass is 10.0. The van der Waals surface area contributed by atoms with E-state index in [1.165, 1.54) is 7.11 Å². The Labute approximate surface area is 339 Å². The number of ether oxygens (including phenoxy) is 1. The van der Waals surface area contributed by atoms with Gasteiger partial charge in [-0.2, -0.15) is 0 Å². The summed E-state index contributed by atoms with van der Waals surface area (Å²) in [5.74, 6) is 7.41. The number of halogens is 2. The molecular formula is C41H44Cl2N8O6. The highest BCUT2D eigenvalue weighted by Gasteiger charge is 2.57. The van der Waals surface area contributed by atoms with E-state index in [0.29, 0.717) is 40.0 Å². The van der Waals surface area contributed by atoms with Crippen molar-refractivity contribution in [2.75, 3.05) is 7.11 Å². The van der Waals surface area contributed by atoms with E-state index in [1.807, 2.05) is 69.0 Å².